The van der Waals surface area contributed by atoms with E-state index in [1.165, 1.54) is 7.11 Å². The van der Waals surface area contributed by atoms with E-state index >= 15 is 0 Å². The Kier molecular flexibility index (Phi) is 6.13. The van der Waals surface area contributed by atoms with Crippen molar-refractivity contribution in [2.45, 2.75) is 31.5 Å². The highest BCUT2D eigenvalue weighted by atomic mass is 19.1. The summed E-state index contributed by atoms with van der Waals surface area (Å²) >= 11 is 0. The number of hydrogen-bond acceptors (Lipinski definition) is 8. The van der Waals surface area contributed by atoms with E-state index in [0.29, 0.717) is 37.9 Å². The first kappa shape index (κ1) is 22.0. The second-order valence-corrected chi connectivity index (χ2v) is 8.63. The number of nitrogens with one attached hydrogen (secondary N) is 1. The van der Waals surface area contributed by atoms with Crippen LogP contribution in [-0.2, 0) is 4.74 Å². The molecule has 2 saturated heterocycles. The van der Waals surface area contributed by atoms with Crippen LogP contribution in [0.5, 0.6) is 6.01 Å². The fourth-order valence-electron chi connectivity index (χ4n) is 4.76. The molecule has 33 heavy (non-hydrogen) atoms. The third-order valence-corrected chi connectivity index (χ3v) is 6.51. The zero-order valence-corrected chi connectivity index (χ0v) is 18.9. The summed E-state index contributed by atoms with van der Waals surface area (Å²) in [5.74, 6) is 1.10. The fourth-order valence-corrected chi connectivity index (χ4v) is 4.76. The summed E-state index contributed by atoms with van der Waals surface area (Å²) in [5.41, 5.74) is 2.95. The maximum absolute atomic E-state index is 14.7. The van der Waals surface area contributed by atoms with Crippen LogP contribution < -0.4 is 15.0 Å². The Morgan fingerprint density at radius 1 is 1.27 bits per heavy atom. The number of halogens is 1. The molecule has 2 N–H and O–H groups in total. The Balaban J connectivity index is 1.56. The topological polar surface area (TPSA) is 97.6 Å². The van der Waals surface area contributed by atoms with Crippen molar-refractivity contribution >= 4 is 16.7 Å². The monoisotopic (exact) mass is 456 g/mol. The van der Waals surface area contributed by atoms with E-state index < -0.39 is 6.17 Å². The first-order chi connectivity index (χ1) is 16.1. The van der Waals surface area contributed by atoms with Gasteiger partial charge in [-0.3, -0.25) is 0 Å². The number of nitrogens with zero attached hydrogens (tertiary/aromatic N) is 5. The van der Waals surface area contributed by atoms with Crippen LogP contribution in [0.1, 0.15) is 23.5 Å². The van der Waals surface area contributed by atoms with Crippen molar-refractivity contribution in [3.8, 4) is 11.8 Å². The molecule has 9 nitrogen and oxygen atoms in total. The van der Waals surface area contributed by atoms with Crippen molar-refractivity contribution in [3.63, 3.8) is 0 Å². The first-order valence-electron chi connectivity index (χ1n) is 11.3. The molecule has 2 aliphatic rings. The van der Waals surface area contributed by atoms with Crippen molar-refractivity contribution in [1.29, 1.82) is 0 Å². The lowest BCUT2D eigenvalue weighted by Gasteiger charge is -2.33. The zero-order chi connectivity index (χ0) is 22.9. The van der Waals surface area contributed by atoms with Crippen LogP contribution in [0.15, 0.2) is 24.4 Å². The predicted molar refractivity (Wildman–Crippen MR) is 122 cm³/mol. The summed E-state index contributed by atoms with van der Waals surface area (Å²) in [4.78, 5) is 11.1. The van der Waals surface area contributed by atoms with E-state index in [4.69, 9.17) is 9.47 Å². The number of rotatable bonds is 5. The Hall–Kier alpha value is -2.82. The Morgan fingerprint density at radius 3 is 2.91 bits per heavy atom. The number of piperidine rings is 1. The lowest BCUT2D eigenvalue weighted by atomic mass is 9.85. The Bertz CT molecular complexity index is 1140. The number of ether oxygens (including phenoxy) is 2. The van der Waals surface area contributed by atoms with Crippen molar-refractivity contribution in [2.24, 2.45) is 0 Å². The molecule has 4 heterocycles. The number of anilines is 1. The largest absolute Gasteiger partial charge is 0.467 e. The third kappa shape index (κ3) is 4.25. The van der Waals surface area contributed by atoms with Gasteiger partial charge in [0, 0.05) is 37.0 Å². The molecule has 2 aliphatic heterocycles. The zero-order valence-electron chi connectivity index (χ0n) is 18.9. The maximum Gasteiger partial charge on any atom is 0.320 e. The van der Waals surface area contributed by atoms with Gasteiger partial charge in [0.1, 0.15) is 12.0 Å². The van der Waals surface area contributed by atoms with Crippen LogP contribution in [0.3, 0.4) is 0 Å². The highest BCUT2D eigenvalue weighted by Crippen LogP contribution is 2.33. The van der Waals surface area contributed by atoms with Crippen LogP contribution >= 0.6 is 0 Å². The summed E-state index contributed by atoms with van der Waals surface area (Å²) in [6.07, 6.45) is 1.37. The van der Waals surface area contributed by atoms with Crippen LogP contribution in [0.25, 0.3) is 16.7 Å². The molecular formula is C23H29FN6O3. The van der Waals surface area contributed by atoms with Gasteiger partial charge in [0.25, 0.3) is 0 Å². The molecule has 0 aliphatic carbocycles. The molecule has 2 aromatic heterocycles. The van der Waals surface area contributed by atoms with E-state index in [9.17, 15) is 9.50 Å². The van der Waals surface area contributed by atoms with Gasteiger partial charge in [-0.15, -0.1) is 0 Å². The lowest BCUT2D eigenvalue weighted by molar-refractivity contribution is 0.00333. The molecule has 0 radical (unpaired) electrons. The minimum atomic E-state index is -0.919. The molecule has 5 rings (SSSR count). The molecule has 2 fully saturated rings. The highest BCUT2D eigenvalue weighted by Gasteiger charge is 2.28. The van der Waals surface area contributed by atoms with Gasteiger partial charge in [0.2, 0.25) is 0 Å². The summed E-state index contributed by atoms with van der Waals surface area (Å²) < 4.78 is 27.4. The standard InChI is InChI=1S/C23H29FN6O3/c1-14-7-15-10-26-30(20(15)8-18(14)17-3-4-25-11-19(17)24)22-9-21(27-23(28-22)32-2)29-5-6-33-16(12-29)13-31/h7-10,16-17,19,25,31H,3-6,11-13H2,1-2H3/t16-,17?,19?/m1/s1. The summed E-state index contributed by atoms with van der Waals surface area (Å²) in [6, 6.07) is 6.20. The van der Waals surface area contributed by atoms with E-state index in [0.717, 1.165) is 35.0 Å². The third-order valence-electron chi connectivity index (χ3n) is 6.51. The van der Waals surface area contributed by atoms with Crippen molar-refractivity contribution in [2.75, 3.05) is 51.4 Å². The smallest absolute Gasteiger partial charge is 0.320 e. The molecule has 10 heteroatoms. The van der Waals surface area contributed by atoms with E-state index in [-0.39, 0.29) is 24.6 Å². The molecule has 0 saturated carbocycles. The van der Waals surface area contributed by atoms with Gasteiger partial charge in [-0.2, -0.15) is 15.1 Å². The van der Waals surface area contributed by atoms with Gasteiger partial charge in [-0.1, -0.05) is 0 Å². The van der Waals surface area contributed by atoms with Gasteiger partial charge >= 0.3 is 6.01 Å². The molecule has 1 aromatic carbocycles. The minimum absolute atomic E-state index is 0.0518. The SMILES string of the molecule is COc1nc(N2CCO[C@@H](CO)C2)cc(-n2ncc3cc(C)c(C4CCNCC4F)cc32)n1. The summed E-state index contributed by atoms with van der Waals surface area (Å²) in [5, 5.41) is 18.2. The van der Waals surface area contributed by atoms with Crippen LogP contribution in [0.4, 0.5) is 10.2 Å². The van der Waals surface area contributed by atoms with Crippen molar-refractivity contribution in [1.82, 2.24) is 25.1 Å². The van der Waals surface area contributed by atoms with Gasteiger partial charge in [-0.25, -0.2) is 9.07 Å². The number of aliphatic hydroxyl groups is 1. The molecule has 3 aromatic rings. The number of benzene rings is 1. The van der Waals surface area contributed by atoms with Crippen LogP contribution in [-0.4, -0.2) is 83.6 Å². The molecular weight excluding hydrogens is 427 g/mol. The van der Waals surface area contributed by atoms with Crippen LogP contribution in [0, 0.1) is 6.92 Å². The van der Waals surface area contributed by atoms with Gasteiger partial charge < -0.3 is 24.8 Å². The van der Waals surface area contributed by atoms with Crippen LogP contribution in [0.2, 0.25) is 0 Å². The number of aromatic nitrogens is 4. The van der Waals surface area contributed by atoms with Gasteiger partial charge in [0.15, 0.2) is 5.82 Å². The number of hydrogen-bond donors (Lipinski definition) is 2. The van der Waals surface area contributed by atoms with E-state index in [2.05, 4.69) is 26.4 Å². The van der Waals surface area contributed by atoms with E-state index in [1.54, 1.807) is 10.9 Å². The second kappa shape index (κ2) is 9.20. The molecule has 0 spiro atoms. The molecule has 176 valence electrons. The molecule has 3 atom stereocenters. The molecule has 0 bridgehead atoms. The van der Waals surface area contributed by atoms with Gasteiger partial charge in [0.05, 0.1) is 38.1 Å². The fraction of sp³-hybridized carbons (Fsp3) is 0.522. The average molecular weight is 457 g/mol. The number of fused-ring (bicyclic) bond motifs is 1. The first-order valence-corrected chi connectivity index (χ1v) is 11.3. The highest BCUT2D eigenvalue weighted by molar-refractivity contribution is 5.82. The van der Waals surface area contributed by atoms with Gasteiger partial charge in [-0.05, 0) is 43.1 Å². The quantitative estimate of drug-likeness (QED) is 0.599. The number of aryl methyl sites for hydroxylation is 1. The minimum Gasteiger partial charge on any atom is -0.467 e. The second-order valence-electron chi connectivity index (χ2n) is 8.63. The summed E-state index contributed by atoms with van der Waals surface area (Å²) in [6.45, 7) is 4.83. The summed E-state index contributed by atoms with van der Waals surface area (Å²) in [7, 11) is 1.53. The lowest BCUT2D eigenvalue weighted by Crippen LogP contribution is -2.44. The predicted octanol–water partition coefficient (Wildman–Crippen LogP) is 1.75. The number of methoxy groups -OCH3 is 1. The van der Waals surface area contributed by atoms with Crippen molar-refractivity contribution in [3.05, 3.63) is 35.5 Å². The normalized spacial score (nSPS) is 23.8. The molecule has 0 amide bonds. The molecule has 2 unspecified atom stereocenters. The Morgan fingerprint density at radius 2 is 2.12 bits per heavy atom. The average Bonchev–Trinajstić information content (AvgIpc) is 3.26. The number of morpholine rings is 1. The van der Waals surface area contributed by atoms with Crippen molar-refractivity contribution < 1.29 is 19.0 Å². The Labute approximate surface area is 191 Å². The number of alkyl halides is 1. The number of aliphatic hydroxyl groups excluding tert-OH is 1. The van der Waals surface area contributed by atoms with E-state index in [1.807, 2.05) is 24.0 Å². The maximum atomic E-state index is 14.7.